The van der Waals surface area contributed by atoms with Gasteiger partial charge in [-0.2, -0.15) is 0 Å². The van der Waals surface area contributed by atoms with Crippen molar-refractivity contribution < 1.29 is 9.59 Å². The molecule has 2 N–H and O–H groups in total. The van der Waals surface area contributed by atoms with E-state index in [0.29, 0.717) is 21.8 Å². The molecule has 0 spiro atoms. The average molecular weight is 397 g/mol. The lowest BCUT2D eigenvalue weighted by molar-refractivity contribution is -0.116. The molecule has 0 bridgehead atoms. The summed E-state index contributed by atoms with van der Waals surface area (Å²) in [4.78, 5) is 39.1. The standard InChI is InChI=1S/C22H21ClN2O3/c1-13(2)18-12-22(28)25-19-11-16(7-8-17(18)19)24-21(27)10-9-20(26)14-3-5-15(23)6-4-14/h3-8,11-13H,9-10H2,1-2H3,(H,24,27)(H,25,28). The Morgan fingerprint density at radius 2 is 1.75 bits per heavy atom. The van der Waals surface area contributed by atoms with Gasteiger partial charge in [0.15, 0.2) is 5.78 Å². The highest BCUT2D eigenvalue weighted by atomic mass is 35.5. The van der Waals surface area contributed by atoms with E-state index in [2.05, 4.69) is 10.3 Å². The maximum Gasteiger partial charge on any atom is 0.248 e. The Morgan fingerprint density at radius 1 is 1.04 bits per heavy atom. The van der Waals surface area contributed by atoms with Crippen molar-refractivity contribution in [2.24, 2.45) is 0 Å². The molecule has 1 aromatic heterocycles. The zero-order valence-electron chi connectivity index (χ0n) is 15.7. The number of carbonyl (C=O) groups is 2. The number of halogens is 1. The Bertz CT molecular complexity index is 1090. The van der Waals surface area contributed by atoms with Gasteiger partial charge in [-0.3, -0.25) is 14.4 Å². The Kier molecular flexibility index (Phi) is 5.95. The highest BCUT2D eigenvalue weighted by molar-refractivity contribution is 6.30. The van der Waals surface area contributed by atoms with E-state index in [1.165, 1.54) is 0 Å². The second-order valence-electron chi connectivity index (χ2n) is 6.98. The van der Waals surface area contributed by atoms with Gasteiger partial charge in [0, 0.05) is 40.6 Å². The predicted octanol–water partition coefficient (Wildman–Crippen LogP) is 4.91. The van der Waals surface area contributed by atoms with Gasteiger partial charge in [-0.15, -0.1) is 0 Å². The molecule has 0 aliphatic rings. The van der Waals surface area contributed by atoms with Crippen molar-refractivity contribution >= 4 is 39.9 Å². The summed E-state index contributed by atoms with van der Waals surface area (Å²) in [5, 5.41) is 4.29. The topological polar surface area (TPSA) is 79.0 Å². The third-order valence-corrected chi connectivity index (χ3v) is 4.78. The monoisotopic (exact) mass is 396 g/mol. The number of anilines is 1. The number of carbonyl (C=O) groups excluding carboxylic acids is 2. The fourth-order valence-corrected chi connectivity index (χ4v) is 3.20. The molecule has 2 aromatic carbocycles. The Balaban J connectivity index is 1.68. The van der Waals surface area contributed by atoms with Gasteiger partial charge in [0.25, 0.3) is 0 Å². The predicted molar refractivity (Wildman–Crippen MR) is 112 cm³/mol. The first kappa shape index (κ1) is 19.8. The SMILES string of the molecule is CC(C)c1cc(=O)[nH]c2cc(NC(=O)CCC(=O)c3ccc(Cl)cc3)ccc12. The van der Waals surface area contributed by atoms with Crippen molar-refractivity contribution in [3.05, 3.63) is 75.0 Å². The number of nitrogens with one attached hydrogen (secondary N) is 2. The molecule has 3 aromatic rings. The van der Waals surface area contributed by atoms with Crippen LogP contribution in [0.3, 0.4) is 0 Å². The molecule has 0 unspecified atom stereocenters. The first-order valence-corrected chi connectivity index (χ1v) is 9.47. The third kappa shape index (κ3) is 4.67. The van der Waals surface area contributed by atoms with Crippen LogP contribution < -0.4 is 10.9 Å². The van der Waals surface area contributed by atoms with Crippen molar-refractivity contribution in [3.63, 3.8) is 0 Å². The molecular formula is C22H21ClN2O3. The van der Waals surface area contributed by atoms with Crippen LogP contribution in [-0.2, 0) is 4.79 Å². The van der Waals surface area contributed by atoms with Crippen LogP contribution in [0.2, 0.25) is 5.02 Å². The number of aromatic nitrogens is 1. The molecule has 0 aliphatic heterocycles. The van der Waals surface area contributed by atoms with Gasteiger partial charge in [-0.1, -0.05) is 31.5 Å². The number of aromatic amines is 1. The molecule has 0 aliphatic carbocycles. The van der Waals surface area contributed by atoms with Gasteiger partial charge < -0.3 is 10.3 Å². The number of hydrogen-bond donors (Lipinski definition) is 2. The van der Waals surface area contributed by atoms with Crippen molar-refractivity contribution in [3.8, 4) is 0 Å². The Morgan fingerprint density at radius 3 is 2.43 bits per heavy atom. The Labute approximate surface area is 167 Å². The van der Waals surface area contributed by atoms with E-state index < -0.39 is 0 Å². The number of H-pyrrole nitrogens is 1. The highest BCUT2D eigenvalue weighted by Crippen LogP contribution is 2.25. The smallest absolute Gasteiger partial charge is 0.248 e. The first-order chi connectivity index (χ1) is 13.3. The molecule has 1 amide bonds. The van der Waals surface area contributed by atoms with Gasteiger partial charge in [-0.05, 0) is 47.9 Å². The lowest BCUT2D eigenvalue weighted by Crippen LogP contribution is -2.14. The molecule has 0 fully saturated rings. The van der Waals surface area contributed by atoms with Gasteiger partial charge >= 0.3 is 0 Å². The minimum atomic E-state index is -0.260. The largest absolute Gasteiger partial charge is 0.326 e. The van der Waals surface area contributed by atoms with Crippen LogP contribution >= 0.6 is 11.6 Å². The molecule has 0 saturated heterocycles. The molecule has 1 heterocycles. The molecule has 0 atom stereocenters. The first-order valence-electron chi connectivity index (χ1n) is 9.09. The summed E-state index contributed by atoms with van der Waals surface area (Å²) in [6.07, 6.45) is 0.178. The minimum absolute atomic E-state index is 0.0715. The second kappa shape index (κ2) is 8.40. The summed E-state index contributed by atoms with van der Waals surface area (Å²) in [7, 11) is 0. The summed E-state index contributed by atoms with van der Waals surface area (Å²) in [6.45, 7) is 4.06. The minimum Gasteiger partial charge on any atom is -0.326 e. The maximum atomic E-state index is 12.2. The number of rotatable bonds is 6. The van der Waals surface area contributed by atoms with Gasteiger partial charge in [-0.25, -0.2) is 0 Å². The quantitative estimate of drug-likeness (QED) is 0.581. The number of fused-ring (bicyclic) bond motifs is 1. The lowest BCUT2D eigenvalue weighted by atomic mass is 9.99. The van der Waals surface area contributed by atoms with E-state index in [-0.39, 0.29) is 36.0 Å². The van der Waals surface area contributed by atoms with Gasteiger partial charge in [0.1, 0.15) is 0 Å². The molecule has 144 valence electrons. The fraction of sp³-hybridized carbons (Fsp3) is 0.227. The van der Waals surface area contributed by atoms with Crippen LogP contribution in [0.1, 0.15) is 48.5 Å². The van der Waals surface area contributed by atoms with E-state index in [4.69, 9.17) is 11.6 Å². The van der Waals surface area contributed by atoms with Crippen LogP contribution in [0.15, 0.2) is 53.3 Å². The number of Topliss-reactive ketones (excluding diaryl/α,β-unsaturated/α-hetero) is 1. The molecule has 5 nitrogen and oxygen atoms in total. The summed E-state index contributed by atoms with van der Waals surface area (Å²) in [6, 6.07) is 13.6. The van der Waals surface area contributed by atoms with Gasteiger partial charge in [0.2, 0.25) is 11.5 Å². The summed E-state index contributed by atoms with van der Waals surface area (Å²) < 4.78 is 0. The highest BCUT2D eigenvalue weighted by Gasteiger charge is 2.11. The van der Waals surface area contributed by atoms with Crippen molar-refractivity contribution in [2.75, 3.05) is 5.32 Å². The van der Waals surface area contributed by atoms with Crippen molar-refractivity contribution in [2.45, 2.75) is 32.6 Å². The van der Waals surface area contributed by atoms with Crippen LogP contribution in [0.5, 0.6) is 0 Å². The van der Waals surface area contributed by atoms with Crippen LogP contribution in [0.25, 0.3) is 10.9 Å². The summed E-state index contributed by atoms with van der Waals surface area (Å²) in [5.41, 5.74) is 2.57. The molecular weight excluding hydrogens is 376 g/mol. The van der Waals surface area contributed by atoms with Crippen molar-refractivity contribution in [1.29, 1.82) is 0 Å². The number of hydrogen-bond acceptors (Lipinski definition) is 3. The number of benzene rings is 2. The molecule has 0 radical (unpaired) electrons. The van der Waals surface area contributed by atoms with Crippen LogP contribution in [0.4, 0.5) is 5.69 Å². The van der Waals surface area contributed by atoms with E-state index >= 15 is 0 Å². The molecule has 28 heavy (non-hydrogen) atoms. The number of ketones is 1. The zero-order valence-corrected chi connectivity index (χ0v) is 16.5. The number of amides is 1. The number of pyridine rings is 1. The van der Waals surface area contributed by atoms with Crippen molar-refractivity contribution in [1.82, 2.24) is 4.98 Å². The van der Waals surface area contributed by atoms with Crippen LogP contribution in [-0.4, -0.2) is 16.7 Å². The molecule has 0 saturated carbocycles. The normalized spacial score (nSPS) is 11.0. The fourth-order valence-electron chi connectivity index (χ4n) is 3.07. The van der Waals surface area contributed by atoms with E-state index in [0.717, 1.165) is 10.9 Å². The maximum absolute atomic E-state index is 12.2. The van der Waals surface area contributed by atoms with E-state index in [1.54, 1.807) is 42.5 Å². The summed E-state index contributed by atoms with van der Waals surface area (Å²) >= 11 is 5.81. The molecule has 3 rings (SSSR count). The Hall–Kier alpha value is -2.92. The van der Waals surface area contributed by atoms with E-state index in [9.17, 15) is 14.4 Å². The lowest BCUT2D eigenvalue weighted by Gasteiger charge is -2.11. The second-order valence-corrected chi connectivity index (χ2v) is 7.42. The van der Waals surface area contributed by atoms with Crippen LogP contribution in [0, 0.1) is 0 Å². The third-order valence-electron chi connectivity index (χ3n) is 4.53. The summed E-state index contributed by atoms with van der Waals surface area (Å²) in [5.74, 6) is -0.163. The molecule has 6 heteroatoms. The average Bonchev–Trinajstić information content (AvgIpc) is 2.65. The zero-order chi connectivity index (χ0) is 20.3. The van der Waals surface area contributed by atoms with E-state index in [1.807, 2.05) is 19.9 Å². The van der Waals surface area contributed by atoms with Gasteiger partial charge in [0.05, 0.1) is 5.52 Å².